The molecule has 2 aromatic carbocycles. The number of anilines is 3. The van der Waals surface area contributed by atoms with Crippen LogP contribution in [0.2, 0.25) is 0 Å². The number of carbonyl (C=O) groups is 1. The van der Waals surface area contributed by atoms with Crippen LogP contribution in [0.3, 0.4) is 0 Å². The van der Waals surface area contributed by atoms with Crippen LogP contribution in [0.15, 0.2) is 47.4 Å². The van der Waals surface area contributed by atoms with Crippen molar-refractivity contribution in [2.75, 3.05) is 34.6 Å². The van der Waals surface area contributed by atoms with Crippen molar-refractivity contribution in [1.82, 2.24) is 5.32 Å². The van der Waals surface area contributed by atoms with Crippen LogP contribution in [0.5, 0.6) is 0 Å². The SMILES string of the molecule is O=C1CC2CNCCN2c2ccc(NS(=O)(=O)c3cccc(F)c3)cc2N1. The lowest BCUT2D eigenvalue weighted by Crippen LogP contribution is -2.51. The van der Waals surface area contributed by atoms with Crippen LogP contribution in [-0.4, -0.2) is 40.0 Å². The zero-order chi connectivity index (χ0) is 19.0. The Balaban J connectivity index is 1.65. The molecule has 4 rings (SSSR count). The predicted octanol–water partition coefficient (Wildman–Crippen LogP) is 1.75. The number of hydrogen-bond donors (Lipinski definition) is 3. The molecule has 0 aliphatic carbocycles. The van der Waals surface area contributed by atoms with Crippen LogP contribution in [-0.2, 0) is 14.8 Å². The van der Waals surface area contributed by atoms with Crippen molar-refractivity contribution in [2.24, 2.45) is 0 Å². The summed E-state index contributed by atoms with van der Waals surface area (Å²) in [6, 6.07) is 9.89. The Morgan fingerprint density at radius 3 is 2.85 bits per heavy atom. The number of nitrogens with one attached hydrogen (secondary N) is 3. The summed E-state index contributed by atoms with van der Waals surface area (Å²) in [5, 5.41) is 6.13. The van der Waals surface area contributed by atoms with Crippen LogP contribution >= 0.6 is 0 Å². The molecular weight excluding hydrogens is 371 g/mol. The number of halogens is 1. The number of sulfonamides is 1. The van der Waals surface area contributed by atoms with Crippen LogP contribution < -0.4 is 20.3 Å². The molecule has 1 amide bonds. The maximum atomic E-state index is 13.4. The van der Waals surface area contributed by atoms with Gasteiger partial charge in [-0.05, 0) is 36.4 Å². The number of amides is 1. The van der Waals surface area contributed by atoms with E-state index in [2.05, 4.69) is 20.3 Å². The Hall–Kier alpha value is -2.65. The van der Waals surface area contributed by atoms with Crippen molar-refractivity contribution in [3.8, 4) is 0 Å². The van der Waals surface area contributed by atoms with Crippen LogP contribution in [0, 0.1) is 5.82 Å². The molecule has 0 bridgehead atoms. The Kier molecular flexibility index (Phi) is 4.48. The molecule has 2 aliphatic heterocycles. The van der Waals surface area contributed by atoms with Crippen molar-refractivity contribution in [3.63, 3.8) is 0 Å². The first-order valence-corrected chi connectivity index (χ1v) is 10.1. The van der Waals surface area contributed by atoms with Crippen molar-refractivity contribution in [3.05, 3.63) is 48.3 Å². The highest BCUT2D eigenvalue weighted by Crippen LogP contribution is 2.34. The summed E-state index contributed by atoms with van der Waals surface area (Å²) in [4.78, 5) is 14.2. The molecule has 2 heterocycles. The van der Waals surface area contributed by atoms with Gasteiger partial charge >= 0.3 is 0 Å². The first-order valence-electron chi connectivity index (χ1n) is 8.62. The summed E-state index contributed by atoms with van der Waals surface area (Å²) in [6.07, 6.45) is 0.367. The quantitative estimate of drug-likeness (QED) is 0.743. The highest BCUT2D eigenvalue weighted by Gasteiger charge is 2.30. The number of piperazine rings is 1. The lowest BCUT2D eigenvalue weighted by Gasteiger charge is -2.36. The van der Waals surface area contributed by atoms with Gasteiger partial charge in [-0.1, -0.05) is 6.07 Å². The number of nitrogens with zero attached hydrogens (tertiary/aromatic N) is 1. The molecular formula is C18H19FN4O3S. The van der Waals surface area contributed by atoms with Gasteiger partial charge in [-0.3, -0.25) is 9.52 Å². The molecule has 142 valence electrons. The predicted molar refractivity (Wildman–Crippen MR) is 101 cm³/mol. The molecule has 0 aromatic heterocycles. The summed E-state index contributed by atoms with van der Waals surface area (Å²) in [6.45, 7) is 2.31. The van der Waals surface area contributed by atoms with E-state index in [1.807, 2.05) is 0 Å². The van der Waals surface area contributed by atoms with Gasteiger partial charge in [-0.15, -0.1) is 0 Å². The molecule has 0 spiro atoms. The van der Waals surface area contributed by atoms with Crippen molar-refractivity contribution in [1.29, 1.82) is 0 Å². The number of benzene rings is 2. The third-order valence-electron chi connectivity index (χ3n) is 4.71. The summed E-state index contributed by atoms with van der Waals surface area (Å²) in [5.41, 5.74) is 1.72. The highest BCUT2D eigenvalue weighted by atomic mass is 32.2. The molecule has 9 heteroatoms. The van der Waals surface area contributed by atoms with Gasteiger partial charge in [0.25, 0.3) is 10.0 Å². The van der Waals surface area contributed by atoms with E-state index in [4.69, 9.17) is 0 Å². The van der Waals surface area contributed by atoms with Gasteiger partial charge < -0.3 is 15.5 Å². The molecule has 2 aliphatic rings. The van der Waals surface area contributed by atoms with Crippen LogP contribution in [0.25, 0.3) is 0 Å². The number of fused-ring (bicyclic) bond motifs is 3. The minimum absolute atomic E-state index is 0.0647. The molecule has 1 atom stereocenters. The van der Waals surface area contributed by atoms with E-state index in [9.17, 15) is 17.6 Å². The first kappa shape index (κ1) is 17.7. The summed E-state index contributed by atoms with van der Waals surface area (Å²) in [7, 11) is -3.93. The Morgan fingerprint density at radius 1 is 1.19 bits per heavy atom. The second-order valence-corrected chi connectivity index (χ2v) is 8.28. The van der Waals surface area contributed by atoms with E-state index >= 15 is 0 Å². The molecule has 3 N–H and O–H groups in total. The third-order valence-corrected chi connectivity index (χ3v) is 6.09. The maximum Gasteiger partial charge on any atom is 0.261 e. The van der Waals surface area contributed by atoms with Gasteiger partial charge in [0.15, 0.2) is 0 Å². The van der Waals surface area contributed by atoms with Gasteiger partial charge in [0.05, 0.1) is 28.0 Å². The molecule has 0 radical (unpaired) electrons. The standard InChI is InChI=1S/C18H19FN4O3S/c19-12-2-1-3-15(8-12)27(25,26)22-13-4-5-17-16(9-13)21-18(24)10-14-11-20-6-7-23(14)17/h1-5,8-9,14,20,22H,6-7,10-11H2,(H,21,24). The van der Waals surface area contributed by atoms with Gasteiger partial charge in [-0.2, -0.15) is 0 Å². The summed E-state index contributed by atoms with van der Waals surface area (Å²) < 4.78 is 40.8. The van der Waals surface area contributed by atoms with Gasteiger partial charge in [0.2, 0.25) is 5.91 Å². The van der Waals surface area contributed by atoms with Crippen LogP contribution in [0.1, 0.15) is 6.42 Å². The van der Waals surface area contributed by atoms with Crippen molar-refractivity contribution < 1.29 is 17.6 Å². The minimum Gasteiger partial charge on any atom is -0.364 e. The summed E-state index contributed by atoms with van der Waals surface area (Å²) in [5.74, 6) is -0.741. The molecule has 0 saturated carbocycles. The molecule has 1 saturated heterocycles. The fraction of sp³-hybridized carbons (Fsp3) is 0.278. The van der Waals surface area contributed by atoms with Gasteiger partial charge in [0.1, 0.15) is 5.82 Å². The lowest BCUT2D eigenvalue weighted by molar-refractivity contribution is -0.116. The van der Waals surface area contributed by atoms with E-state index in [0.717, 1.165) is 31.4 Å². The second-order valence-electron chi connectivity index (χ2n) is 6.60. The largest absolute Gasteiger partial charge is 0.364 e. The highest BCUT2D eigenvalue weighted by molar-refractivity contribution is 7.92. The van der Waals surface area contributed by atoms with Crippen molar-refractivity contribution in [2.45, 2.75) is 17.4 Å². The zero-order valence-electron chi connectivity index (χ0n) is 14.4. The lowest BCUT2D eigenvalue weighted by atomic mass is 10.1. The monoisotopic (exact) mass is 390 g/mol. The Bertz CT molecular complexity index is 996. The van der Waals surface area contributed by atoms with Crippen molar-refractivity contribution >= 4 is 33.0 Å². The van der Waals surface area contributed by atoms with Crippen LogP contribution in [0.4, 0.5) is 21.5 Å². The average Bonchev–Trinajstić information content (AvgIpc) is 2.76. The van der Waals surface area contributed by atoms with E-state index < -0.39 is 15.8 Å². The maximum absolute atomic E-state index is 13.4. The normalized spacial score (nSPS) is 19.5. The minimum atomic E-state index is -3.93. The van der Waals surface area contributed by atoms with Gasteiger partial charge in [-0.25, -0.2) is 12.8 Å². The van der Waals surface area contributed by atoms with E-state index in [0.29, 0.717) is 17.8 Å². The Labute approximate surface area is 156 Å². The molecule has 27 heavy (non-hydrogen) atoms. The van der Waals surface area contributed by atoms with Gasteiger partial charge in [0, 0.05) is 26.1 Å². The Morgan fingerprint density at radius 2 is 2.04 bits per heavy atom. The number of hydrogen-bond acceptors (Lipinski definition) is 5. The number of rotatable bonds is 3. The second kappa shape index (κ2) is 6.82. The van der Waals surface area contributed by atoms with E-state index in [-0.39, 0.29) is 16.8 Å². The fourth-order valence-corrected chi connectivity index (χ4v) is 4.55. The molecule has 7 nitrogen and oxygen atoms in total. The summed E-state index contributed by atoms with van der Waals surface area (Å²) >= 11 is 0. The molecule has 1 unspecified atom stereocenters. The smallest absolute Gasteiger partial charge is 0.261 e. The average molecular weight is 390 g/mol. The fourth-order valence-electron chi connectivity index (χ4n) is 3.47. The topological polar surface area (TPSA) is 90.5 Å². The number of carbonyl (C=O) groups excluding carboxylic acids is 1. The zero-order valence-corrected chi connectivity index (χ0v) is 15.2. The van der Waals surface area contributed by atoms with E-state index in [1.165, 1.54) is 18.2 Å². The molecule has 1 fully saturated rings. The molecule has 2 aromatic rings. The third kappa shape index (κ3) is 3.60. The van der Waals surface area contributed by atoms with E-state index in [1.54, 1.807) is 18.2 Å². The first-order chi connectivity index (χ1) is 12.9.